The van der Waals surface area contributed by atoms with Gasteiger partial charge in [-0.15, -0.1) is 0 Å². The fourth-order valence-corrected chi connectivity index (χ4v) is 16.5. The minimum atomic E-state index is -5.30. The first-order valence-corrected chi connectivity index (χ1v) is 44.3. The highest BCUT2D eigenvalue weighted by atomic mass is 127. The number of carboxylic acids is 1. The van der Waals surface area contributed by atoms with Gasteiger partial charge >= 0.3 is 30.1 Å². The number of halogens is 9. The molecule has 3 atom stereocenters. The molecular formula is C83H102Br3F3I3NO15S2. The number of carboxylic acid groups (broad SMARTS) is 1. The fraction of sp³-hybridized carbons (Fsp3) is 0.434. The molecule has 3 unspecified atom stereocenters. The van der Waals surface area contributed by atoms with Crippen molar-refractivity contribution in [2.45, 2.75) is 184 Å². The maximum absolute atomic E-state index is 12.9. The molecular weight excluding hydrogens is 1990 g/mol. The van der Waals surface area contributed by atoms with Gasteiger partial charge in [0.1, 0.15) is 36.0 Å². The summed E-state index contributed by atoms with van der Waals surface area (Å²) in [7, 11) is -1.16. The number of quaternary nitrogens is 1. The maximum atomic E-state index is 12.9. The van der Waals surface area contributed by atoms with Crippen LogP contribution in [0.2, 0.25) is 0 Å². The standard InChI is InChI=1S/C18H13S.C16H18F3IO7S.C12H22O2.C10H12I2O.C10H21NO2.C10H14O.C7H3Br3O2/c1-2-8-14(9-3-1)19-17-12-6-4-10-15(17)16-11-5-7-13-18(16)19;1-4-15(2,3)14(22)26-11-7-9(5-6-10(11)20)13(21)27-12(16(17,18)19)8-28(23,24)25;1-5-11(2,3)10(13)14-12(4)8-6-7-9-12;1-3-6(2)7-4-8(11)10(13)9(12)5-7;1-6-10(2,3)9(12)13-8-7-11(4)5;1-3-8(2)9-4-6-10(11)7-5-9;8-3-1-2-4(9)6(10)5(3)7(11)12/h1-13H;5-7,12H,4,8H2,1-3H3,(H,23,24,25);5-9H2,1-4H3;4-6,13H,3H2,1-2H3;6-8H2,1-5H3;4-8,11H,3H2,1-2H3;1-2H,(H,11,12)/q+1;;;;;;/p-1. The second kappa shape index (κ2) is 45.9. The molecule has 0 saturated heterocycles. The summed E-state index contributed by atoms with van der Waals surface area (Å²) < 4.78 is 97.5. The van der Waals surface area contributed by atoms with Gasteiger partial charge < -0.3 is 48.5 Å². The smallest absolute Gasteiger partial charge is 0.426 e. The zero-order chi connectivity index (χ0) is 83.5. The van der Waals surface area contributed by atoms with Crippen LogP contribution in [-0.4, -0.2) is 104 Å². The number of thiophene rings is 1. The van der Waals surface area contributed by atoms with E-state index in [1.807, 2.05) is 67.8 Å². The van der Waals surface area contributed by atoms with Crippen LogP contribution in [0.3, 0.4) is 0 Å². The number of hydrogen-bond acceptors (Lipinski definition) is 15. The summed E-state index contributed by atoms with van der Waals surface area (Å²) in [5, 5.41) is 32.0. The number of fused-ring (bicyclic) bond motifs is 3. The lowest BCUT2D eigenvalue weighted by molar-refractivity contribution is -0.858. The molecule has 1 aliphatic carbocycles. The van der Waals surface area contributed by atoms with E-state index in [4.69, 9.17) is 19.3 Å². The Balaban J connectivity index is 0.000000342. The number of phenols is 2. The van der Waals surface area contributed by atoms with Gasteiger partial charge in [0.2, 0.25) is 6.10 Å². The van der Waals surface area contributed by atoms with Crippen LogP contribution in [0, 0.1) is 27.0 Å². The van der Waals surface area contributed by atoms with Gasteiger partial charge in [-0.2, -0.15) is 13.2 Å². The molecule has 110 heavy (non-hydrogen) atoms. The number of hydrogen-bond donors (Lipinski definition) is 3. The molecule has 1 heterocycles. The normalized spacial score (nSPS) is 13.4. The highest BCUT2D eigenvalue weighted by Gasteiger charge is 2.45. The molecule has 0 radical (unpaired) electrons. The molecule has 27 heteroatoms. The van der Waals surface area contributed by atoms with E-state index in [0.29, 0.717) is 53.4 Å². The SMILES string of the molecule is CCC(C)(C)C(=O)OC1(C)CCCC1.CCC(C)(C)C(=O)OCC[NH+](C)C.CCC(C)(C)C(=O)Oc1cc(C(=O)OC(CS(=O)(=O)[O-])C(F)(F)F)ccc1I.CCC(C)c1cc(I)c(O)c(I)c1.CCC(C)c1ccc(O)cc1.O=C([O-])c1c(Br)ccc(Br)c1Br.c1ccc(-[s+]2c3ccccc3c3ccccc32)cc1. The monoisotopic (exact) mass is 2090 g/mol. The Morgan fingerprint density at radius 1 is 0.627 bits per heavy atom. The second-order valence-electron chi connectivity index (χ2n) is 28.7. The van der Waals surface area contributed by atoms with Crippen LogP contribution in [0.1, 0.15) is 198 Å². The predicted molar refractivity (Wildman–Crippen MR) is 467 cm³/mol. The van der Waals surface area contributed by atoms with Crippen LogP contribution >= 0.6 is 126 Å². The third kappa shape index (κ3) is 32.0. The van der Waals surface area contributed by atoms with Crippen molar-refractivity contribution in [3.63, 3.8) is 0 Å². The van der Waals surface area contributed by atoms with Gasteiger partial charge in [0.25, 0.3) is 0 Å². The number of carbonyl (C=O) groups is 5. The molecule has 604 valence electrons. The minimum absolute atomic E-state index is 0.0376. The van der Waals surface area contributed by atoms with Gasteiger partial charge in [-0.1, -0.05) is 119 Å². The molecule has 16 nitrogen and oxygen atoms in total. The quantitative estimate of drug-likeness (QED) is 0.0115. The highest BCUT2D eigenvalue weighted by molar-refractivity contribution is 14.1. The lowest BCUT2D eigenvalue weighted by atomic mass is 9.90. The van der Waals surface area contributed by atoms with Gasteiger partial charge in [-0.3, -0.25) is 14.4 Å². The number of aromatic hydroxyl groups is 2. The van der Waals surface area contributed by atoms with E-state index in [0.717, 1.165) is 64.3 Å². The number of alkyl halides is 3. The van der Waals surface area contributed by atoms with Gasteiger partial charge in [-0.05, 0) is 320 Å². The summed E-state index contributed by atoms with van der Waals surface area (Å²) in [6.07, 6.45) is 0.457. The van der Waals surface area contributed by atoms with Gasteiger partial charge in [0.05, 0.1) is 68.5 Å². The third-order valence-corrected chi connectivity index (χ3v) is 26.8. The van der Waals surface area contributed by atoms with Crippen LogP contribution in [0.5, 0.6) is 17.2 Å². The first-order valence-electron chi connectivity index (χ1n) is 35.9. The Bertz CT molecular complexity index is 4360. The highest BCUT2D eigenvalue weighted by Crippen LogP contribution is 2.48. The molecule has 1 aliphatic rings. The molecule has 7 aromatic carbocycles. The fourth-order valence-electron chi connectivity index (χ4n) is 9.61. The largest absolute Gasteiger partial charge is 0.748 e. The summed E-state index contributed by atoms with van der Waals surface area (Å²) in [6, 6.07) is 46.8. The molecule has 1 aromatic heterocycles. The number of esters is 4. The van der Waals surface area contributed by atoms with E-state index in [-0.39, 0.29) is 50.2 Å². The van der Waals surface area contributed by atoms with Gasteiger partial charge in [0.15, 0.2) is 14.3 Å². The number of likely N-dealkylation sites (N-methyl/N-ethyl adjacent to an activating group) is 1. The number of ether oxygens (including phenoxy) is 4. The van der Waals surface area contributed by atoms with Crippen molar-refractivity contribution < 1.29 is 89.3 Å². The Hall–Kier alpha value is -5.00. The number of carbonyl (C=O) groups excluding carboxylic acids is 5. The van der Waals surface area contributed by atoms with Gasteiger partial charge in [0, 0.05) is 40.2 Å². The molecule has 0 amide bonds. The molecule has 0 bridgehead atoms. The van der Waals surface area contributed by atoms with Crippen LogP contribution in [0.4, 0.5) is 13.2 Å². The second-order valence-corrected chi connectivity index (χ2v) is 38.1. The van der Waals surface area contributed by atoms with Crippen molar-refractivity contribution in [1.29, 1.82) is 0 Å². The summed E-state index contributed by atoms with van der Waals surface area (Å²) in [6.45, 7) is 29.0. The van der Waals surface area contributed by atoms with E-state index >= 15 is 0 Å². The van der Waals surface area contributed by atoms with E-state index in [2.05, 4.69) is 223 Å². The maximum Gasteiger partial charge on any atom is 0.426 e. The average molecular weight is 2100 g/mol. The van der Waals surface area contributed by atoms with Crippen LogP contribution in [-0.2, 0) is 38.7 Å². The lowest BCUT2D eigenvalue weighted by Gasteiger charge is -2.29. The number of benzene rings is 7. The predicted octanol–water partition coefficient (Wildman–Crippen LogP) is 21.8. The molecule has 0 spiro atoms. The molecule has 3 N–H and O–H groups in total. The summed E-state index contributed by atoms with van der Waals surface area (Å²) in [5.41, 5.74) is 0.652. The Kier molecular flexibility index (Phi) is 41.4. The van der Waals surface area contributed by atoms with Crippen molar-refractivity contribution >= 4 is 186 Å². The van der Waals surface area contributed by atoms with Crippen LogP contribution in [0.25, 0.3) is 25.1 Å². The van der Waals surface area contributed by atoms with Crippen molar-refractivity contribution in [2.24, 2.45) is 16.2 Å². The van der Waals surface area contributed by atoms with Gasteiger partial charge in [-0.25, -0.2) is 13.2 Å². The Morgan fingerprint density at radius 3 is 1.55 bits per heavy atom. The number of nitrogens with one attached hydrogen (secondary N) is 1. The number of phenolic OH excluding ortho intramolecular Hbond substituents is 2. The van der Waals surface area contributed by atoms with Crippen LogP contribution in [0.15, 0.2) is 159 Å². The Morgan fingerprint density at radius 2 is 1.09 bits per heavy atom. The summed E-state index contributed by atoms with van der Waals surface area (Å²) in [4.78, 5) is 60.8. The van der Waals surface area contributed by atoms with Crippen molar-refractivity contribution in [3.05, 3.63) is 192 Å². The third-order valence-electron chi connectivity index (χ3n) is 18.5. The molecule has 8 aromatic rings. The van der Waals surface area contributed by atoms with Crippen molar-refractivity contribution in [2.75, 3.05) is 33.0 Å². The van der Waals surface area contributed by atoms with E-state index in [9.17, 15) is 60.3 Å². The average Bonchev–Trinajstić information content (AvgIpc) is 1.60. The molecule has 1 fully saturated rings. The van der Waals surface area contributed by atoms with E-state index < -0.39 is 57.0 Å². The molecule has 9 rings (SSSR count). The lowest BCUT2D eigenvalue weighted by Crippen LogP contribution is -3.06. The van der Waals surface area contributed by atoms with E-state index in [1.165, 1.54) is 60.0 Å². The van der Waals surface area contributed by atoms with Crippen molar-refractivity contribution in [1.82, 2.24) is 0 Å². The summed E-state index contributed by atoms with van der Waals surface area (Å²) in [5.74, 6) is -3.56. The van der Waals surface area contributed by atoms with Crippen LogP contribution < -0.4 is 14.7 Å². The Labute approximate surface area is 716 Å². The minimum Gasteiger partial charge on any atom is -0.748 e. The first-order chi connectivity index (χ1) is 51.1. The topological polar surface area (TPSA) is 247 Å². The zero-order valence-corrected chi connectivity index (χ0v) is 77.9. The van der Waals surface area contributed by atoms with Crippen molar-refractivity contribution in [3.8, 4) is 22.1 Å². The number of rotatable bonds is 21. The number of aromatic carboxylic acids is 1. The van der Waals surface area contributed by atoms with E-state index in [1.54, 1.807) is 67.6 Å². The first kappa shape index (κ1) is 99.2. The molecule has 0 aliphatic heterocycles. The summed E-state index contributed by atoms with van der Waals surface area (Å²) >= 11 is 15.6. The zero-order valence-electron chi connectivity index (χ0n) is 65.0. The molecule has 1 saturated carbocycles.